The van der Waals surface area contributed by atoms with Crippen LogP contribution in [-0.2, 0) is 12.6 Å². The topological polar surface area (TPSA) is 103 Å². The summed E-state index contributed by atoms with van der Waals surface area (Å²) < 4.78 is 7.00. The average molecular weight is 285 g/mol. The Kier molecular flexibility index (Phi) is 2.38. The Bertz CT molecular complexity index is 884. The van der Waals surface area contributed by atoms with Crippen LogP contribution in [0.4, 0.5) is 0 Å². The SMILES string of the molecule is Cn1c(C2(N)CCC2)nc2ccc(-c3n[nH]c(=O)o3)cc21. The summed E-state index contributed by atoms with van der Waals surface area (Å²) in [6, 6.07) is 5.64. The zero-order valence-corrected chi connectivity index (χ0v) is 11.6. The number of H-pyrrole nitrogens is 1. The van der Waals surface area contributed by atoms with Gasteiger partial charge in [0, 0.05) is 12.6 Å². The standard InChI is InChI=1S/C14H15N5O2/c1-19-10-7-8(11-17-18-13(20)21-11)3-4-9(10)16-12(19)14(15)5-2-6-14/h3-4,7H,2,5-6,15H2,1H3,(H,18,20). The van der Waals surface area contributed by atoms with Gasteiger partial charge in [-0.05, 0) is 37.5 Å². The Labute approximate surface area is 119 Å². The second kappa shape index (κ2) is 4.05. The Hall–Kier alpha value is -2.41. The van der Waals surface area contributed by atoms with Crippen molar-refractivity contribution < 1.29 is 4.42 Å². The fraction of sp³-hybridized carbons (Fsp3) is 0.357. The first-order valence-electron chi connectivity index (χ1n) is 6.89. The maximum atomic E-state index is 11.1. The lowest BCUT2D eigenvalue weighted by molar-refractivity contribution is 0.234. The van der Waals surface area contributed by atoms with Crippen LogP contribution >= 0.6 is 0 Å². The van der Waals surface area contributed by atoms with E-state index in [9.17, 15) is 4.79 Å². The van der Waals surface area contributed by atoms with E-state index < -0.39 is 5.76 Å². The Balaban J connectivity index is 1.88. The van der Waals surface area contributed by atoms with Gasteiger partial charge in [-0.25, -0.2) is 14.9 Å². The van der Waals surface area contributed by atoms with Gasteiger partial charge in [-0.1, -0.05) is 0 Å². The number of hydrogen-bond donors (Lipinski definition) is 2. The molecule has 3 aromatic rings. The van der Waals surface area contributed by atoms with E-state index in [-0.39, 0.29) is 11.4 Å². The van der Waals surface area contributed by atoms with Crippen LogP contribution in [0.3, 0.4) is 0 Å². The minimum absolute atomic E-state index is 0.274. The summed E-state index contributed by atoms with van der Waals surface area (Å²) in [4.78, 5) is 15.7. The lowest BCUT2D eigenvalue weighted by Gasteiger charge is -2.37. The van der Waals surface area contributed by atoms with Crippen molar-refractivity contribution in [3.63, 3.8) is 0 Å². The van der Waals surface area contributed by atoms with E-state index in [0.717, 1.165) is 41.7 Å². The van der Waals surface area contributed by atoms with Gasteiger partial charge in [-0.3, -0.25) is 0 Å². The van der Waals surface area contributed by atoms with Crippen molar-refractivity contribution in [3.8, 4) is 11.5 Å². The van der Waals surface area contributed by atoms with Crippen LogP contribution in [0.2, 0.25) is 0 Å². The van der Waals surface area contributed by atoms with E-state index in [4.69, 9.17) is 10.2 Å². The molecular weight excluding hydrogens is 270 g/mol. The molecule has 0 aliphatic heterocycles. The number of aromatic nitrogens is 4. The van der Waals surface area contributed by atoms with Gasteiger partial charge in [0.05, 0.1) is 16.6 Å². The number of fused-ring (bicyclic) bond motifs is 1. The second-order valence-electron chi connectivity index (χ2n) is 5.63. The number of imidazole rings is 1. The fourth-order valence-corrected chi connectivity index (χ4v) is 2.90. The molecule has 1 saturated carbocycles. The molecule has 2 aromatic heterocycles. The third-order valence-electron chi connectivity index (χ3n) is 4.26. The van der Waals surface area contributed by atoms with E-state index in [1.54, 1.807) is 0 Å². The summed E-state index contributed by atoms with van der Waals surface area (Å²) in [5, 5.41) is 6.11. The van der Waals surface area contributed by atoms with E-state index in [2.05, 4.69) is 15.2 Å². The zero-order chi connectivity index (χ0) is 14.6. The van der Waals surface area contributed by atoms with Crippen molar-refractivity contribution in [1.29, 1.82) is 0 Å². The van der Waals surface area contributed by atoms with E-state index >= 15 is 0 Å². The molecule has 7 nitrogen and oxygen atoms in total. The van der Waals surface area contributed by atoms with Crippen LogP contribution in [0.5, 0.6) is 0 Å². The molecule has 0 bridgehead atoms. The molecule has 1 aliphatic carbocycles. The molecule has 2 heterocycles. The molecule has 0 spiro atoms. The van der Waals surface area contributed by atoms with Crippen molar-refractivity contribution in [1.82, 2.24) is 19.7 Å². The minimum atomic E-state index is -0.564. The smallest absolute Gasteiger partial charge is 0.388 e. The van der Waals surface area contributed by atoms with Crippen LogP contribution < -0.4 is 11.5 Å². The van der Waals surface area contributed by atoms with Gasteiger partial charge < -0.3 is 14.7 Å². The molecule has 0 atom stereocenters. The molecule has 3 N–H and O–H groups in total. The molecular formula is C14H15N5O2. The van der Waals surface area contributed by atoms with Gasteiger partial charge in [0.1, 0.15) is 5.82 Å². The summed E-state index contributed by atoms with van der Waals surface area (Å²) in [6.07, 6.45) is 3.07. The van der Waals surface area contributed by atoms with Crippen molar-refractivity contribution in [3.05, 3.63) is 34.6 Å². The highest BCUT2D eigenvalue weighted by Crippen LogP contribution is 2.39. The Morgan fingerprint density at radius 2 is 2.24 bits per heavy atom. The van der Waals surface area contributed by atoms with Crippen LogP contribution in [0.25, 0.3) is 22.5 Å². The summed E-state index contributed by atoms with van der Waals surface area (Å²) in [5.74, 6) is 0.617. The van der Waals surface area contributed by atoms with Crippen molar-refractivity contribution in [2.24, 2.45) is 12.8 Å². The number of hydrogen-bond acceptors (Lipinski definition) is 5. The van der Waals surface area contributed by atoms with Crippen LogP contribution in [0.15, 0.2) is 27.4 Å². The van der Waals surface area contributed by atoms with E-state index in [1.165, 1.54) is 0 Å². The maximum Gasteiger partial charge on any atom is 0.434 e. The highest BCUT2D eigenvalue weighted by molar-refractivity contribution is 5.81. The first-order chi connectivity index (χ1) is 10.1. The Morgan fingerprint density at radius 1 is 1.43 bits per heavy atom. The molecule has 7 heteroatoms. The first-order valence-corrected chi connectivity index (χ1v) is 6.89. The molecule has 0 unspecified atom stereocenters. The highest BCUT2D eigenvalue weighted by atomic mass is 16.4. The van der Waals surface area contributed by atoms with Gasteiger partial charge in [-0.15, -0.1) is 5.10 Å². The summed E-state index contributed by atoms with van der Waals surface area (Å²) in [7, 11) is 1.96. The number of aromatic amines is 1. The van der Waals surface area contributed by atoms with E-state index in [0.29, 0.717) is 0 Å². The molecule has 21 heavy (non-hydrogen) atoms. The molecule has 1 aromatic carbocycles. The molecule has 0 saturated heterocycles. The largest absolute Gasteiger partial charge is 0.434 e. The van der Waals surface area contributed by atoms with Crippen LogP contribution in [0.1, 0.15) is 25.1 Å². The number of nitrogens with two attached hydrogens (primary N) is 1. The van der Waals surface area contributed by atoms with Crippen molar-refractivity contribution in [2.45, 2.75) is 24.8 Å². The number of benzene rings is 1. The van der Waals surface area contributed by atoms with Gasteiger partial charge in [0.15, 0.2) is 0 Å². The molecule has 108 valence electrons. The fourth-order valence-electron chi connectivity index (χ4n) is 2.90. The summed E-state index contributed by atoms with van der Waals surface area (Å²) >= 11 is 0. The van der Waals surface area contributed by atoms with Crippen LogP contribution in [-0.4, -0.2) is 19.7 Å². The van der Waals surface area contributed by atoms with Gasteiger partial charge in [0.25, 0.3) is 0 Å². The minimum Gasteiger partial charge on any atom is -0.388 e. The first kappa shape index (κ1) is 12.3. The third-order valence-corrected chi connectivity index (χ3v) is 4.26. The second-order valence-corrected chi connectivity index (χ2v) is 5.63. The molecule has 1 aliphatic rings. The predicted molar refractivity (Wildman–Crippen MR) is 76.5 cm³/mol. The van der Waals surface area contributed by atoms with E-state index in [1.807, 2.05) is 29.8 Å². The monoisotopic (exact) mass is 285 g/mol. The average Bonchev–Trinajstić information content (AvgIpc) is 3.01. The molecule has 1 fully saturated rings. The van der Waals surface area contributed by atoms with Crippen molar-refractivity contribution in [2.75, 3.05) is 0 Å². The number of nitrogens with zero attached hydrogens (tertiary/aromatic N) is 3. The quantitative estimate of drug-likeness (QED) is 0.737. The third kappa shape index (κ3) is 1.74. The number of aryl methyl sites for hydroxylation is 1. The number of nitrogens with one attached hydrogen (secondary N) is 1. The van der Waals surface area contributed by atoms with Gasteiger partial charge in [-0.2, -0.15) is 0 Å². The molecule has 0 amide bonds. The lowest BCUT2D eigenvalue weighted by Crippen LogP contribution is -2.45. The zero-order valence-electron chi connectivity index (χ0n) is 11.6. The van der Waals surface area contributed by atoms with Gasteiger partial charge in [0.2, 0.25) is 5.89 Å². The normalized spacial score (nSPS) is 17.0. The van der Waals surface area contributed by atoms with Crippen molar-refractivity contribution >= 4 is 11.0 Å². The summed E-state index contributed by atoms with van der Waals surface area (Å²) in [6.45, 7) is 0. The predicted octanol–water partition coefficient (Wildman–Crippen LogP) is 1.25. The van der Waals surface area contributed by atoms with Gasteiger partial charge >= 0.3 is 5.76 Å². The Morgan fingerprint density at radius 3 is 2.86 bits per heavy atom. The lowest BCUT2D eigenvalue weighted by atomic mass is 9.77. The maximum absolute atomic E-state index is 11.1. The highest BCUT2D eigenvalue weighted by Gasteiger charge is 2.38. The molecule has 0 radical (unpaired) electrons. The molecule has 4 rings (SSSR count). The summed E-state index contributed by atoms with van der Waals surface area (Å²) in [5.41, 5.74) is 8.63. The van der Waals surface area contributed by atoms with Crippen LogP contribution in [0, 0.1) is 0 Å². The number of rotatable bonds is 2.